The highest BCUT2D eigenvalue weighted by Gasteiger charge is 2.23. The molecular formula is C23H27FN4OS. The fourth-order valence-corrected chi connectivity index (χ4v) is 4.76. The molecular weight excluding hydrogens is 399 g/mol. The third kappa shape index (κ3) is 4.63. The first kappa shape index (κ1) is 20.8. The van der Waals surface area contributed by atoms with Crippen LogP contribution in [0.5, 0.6) is 0 Å². The average Bonchev–Trinajstić information content (AvgIpc) is 3.26. The van der Waals surface area contributed by atoms with Crippen LogP contribution in [0.25, 0.3) is 11.3 Å². The molecule has 1 N–H and O–H groups in total. The van der Waals surface area contributed by atoms with Gasteiger partial charge in [-0.05, 0) is 68.7 Å². The Morgan fingerprint density at radius 1 is 1.20 bits per heavy atom. The molecule has 1 amide bonds. The summed E-state index contributed by atoms with van der Waals surface area (Å²) in [5, 5.41) is 7.78. The summed E-state index contributed by atoms with van der Waals surface area (Å²) in [6.45, 7) is 6.78. The Kier molecular flexibility index (Phi) is 6.01. The van der Waals surface area contributed by atoms with Crippen molar-refractivity contribution in [1.29, 1.82) is 0 Å². The van der Waals surface area contributed by atoms with Gasteiger partial charge in [-0.15, -0.1) is 11.3 Å². The summed E-state index contributed by atoms with van der Waals surface area (Å²) in [5.41, 5.74) is 4.08. The molecule has 1 saturated heterocycles. The third-order valence-electron chi connectivity index (χ3n) is 5.81. The highest BCUT2D eigenvalue weighted by molar-refractivity contribution is 7.14. The van der Waals surface area contributed by atoms with Crippen molar-refractivity contribution >= 4 is 17.2 Å². The van der Waals surface area contributed by atoms with Gasteiger partial charge in [0.2, 0.25) is 0 Å². The van der Waals surface area contributed by atoms with Crippen LogP contribution in [0.2, 0.25) is 0 Å². The molecule has 1 aliphatic rings. The summed E-state index contributed by atoms with van der Waals surface area (Å²) in [6.07, 6.45) is 1.88. The molecule has 7 heteroatoms. The molecule has 30 heavy (non-hydrogen) atoms. The minimum absolute atomic E-state index is 0.0465. The monoisotopic (exact) mass is 426 g/mol. The van der Waals surface area contributed by atoms with Gasteiger partial charge in [0.15, 0.2) is 0 Å². The van der Waals surface area contributed by atoms with E-state index in [1.165, 1.54) is 22.6 Å². The lowest BCUT2D eigenvalue weighted by Crippen LogP contribution is -2.44. The van der Waals surface area contributed by atoms with Crippen LogP contribution in [0, 0.1) is 19.7 Å². The molecule has 3 aromatic rings. The first-order valence-corrected chi connectivity index (χ1v) is 11.1. The normalized spacial score (nSPS) is 15.5. The van der Waals surface area contributed by atoms with Gasteiger partial charge in [0.05, 0.1) is 16.3 Å². The van der Waals surface area contributed by atoms with Gasteiger partial charge >= 0.3 is 0 Å². The highest BCUT2D eigenvalue weighted by Crippen LogP contribution is 2.23. The van der Waals surface area contributed by atoms with Gasteiger partial charge < -0.3 is 5.32 Å². The zero-order valence-corrected chi connectivity index (χ0v) is 18.4. The number of hydrogen-bond acceptors (Lipinski definition) is 4. The Hall–Kier alpha value is -2.51. The van der Waals surface area contributed by atoms with E-state index in [2.05, 4.69) is 28.3 Å². The predicted molar refractivity (Wildman–Crippen MR) is 118 cm³/mol. The molecule has 0 atom stereocenters. The molecule has 0 saturated carbocycles. The van der Waals surface area contributed by atoms with Crippen molar-refractivity contribution in [2.24, 2.45) is 7.05 Å². The number of hydrogen-bond donors (Lipinski definition) is 1. The van der Waals surface area contributed by atoms with Gasteiger partial charge in [-0.2, -0.15) is 5.10 Å². The summed E-state index contributed by atoms with van der Waals surface area (Å²) < 4.78 is 15.1. The largest absolute Gasteiger partial charge is 0.349 e. The highest BCUT2D eigenvalue weighted by atomic mass is 32.1. The van der Waals surface area contributed by atoms with Crippen molar-refractivity contribution < 1.29 is 9.18 Å². The molecule has 0 unspecified atom stereocenters. The lowest BCUT2D eigenvalue weighted by molar-refractivity contribution is 0.0912. The number of benzene rings is 1. The lowest BCUT2D eigenvalue weighted by Gasteiger charge is -2.32. The van der Waals surface area contributed by atoms with Crippen LogP contribution in [-0.2, 0) is 13.6 Å². The average molecular weight is 427 g/mol. The summed E-state index contributed by atoms with van der Waals surface area (Å²) in [4.78, 5) is 16.9. The fraction of sp³-hybridized carbons (Fsp3) is 0.391. The Bertz CT molecular complexity index is 1010. The van der Waals surface area contributed by atoms with E-state index in [1.807, 2.05) is 24.7 Å². The number of rotatable bonds is 5. The van der Waals surface area contributed by atoms with Crippen LogP contribution >= 0.6 is 11.3 Å². The van der Waals surface area contributed by atoms with E-state index in [4.69, 9.17) is 0 Å². The molecule has 0 aliphatic carbocycles. The maximum absolute atomic E-state index is 13.2. The molecule has 1 fully saturated rings. The molecule has 158 valence electrons. The Labute approximate surface area is 180 Å². The van der Waals surface area contributed by atoms with Crippen molar-refractivity contribution in [2.75, 3.05) is 13.1 Å². The van der Waals surface area contributed by atoms with Crippen LogP contribution in [0.15, 0.2) is 36.4 Å². The summed E-state index contributed by atoms with van der Waals surface area (Å²) in [6, 6.07) is 10.7. The van der Waals surface area contributed by atoms with Crippen molar-refractivity contribution in [3.63, 3.8) is 0 Å². The lowest BCUT2D eigenvalue weighted by atomic mass is 10.0. The molecule has 1 aromatic carbocycles. The number of halogens is 1. The summed E-state index contributed by atoms with van der Waals surface area (Å²) >= 11 is 1.56. The molecule has 2 aromatic heterocycles. The second kappa shape index (κ2) is 8.70. The number of nitrogens with one attached hydrogen (secondary N) is 1. The van der Waals surface area contributed by atoms with Gasteiger partial charge in [-0.25, -0.2) is 4.39 Å². The maximum atomic E-state index is 13.2. The number of thiophene rings is 1. The Morgan fingerprint density at radius 2 is 1.90 bits per heavy atom. The zero-order valence-electron chi connectivity index (χ0n) is 17.6. The van der Waals surface area contributed by atoms with E-state index in [1.54, 1.807) is 23.5 Å². The summed E-state index contributed by atoms with van der Waals surface area (Å²) in [5.74, 6) is -0.195. The smallest absolute Gasteiger partial charge is 0.261 e. The van der Waals surface area contributed by atoms with E-state index in [0.717, 1.165) is 54.3 Å². The van der Waals surface area contributed by atoms with E-state index in [9.17, 15) is 9.18 Å². The minimum Gasteiger partial charge on any atom is -0.349 e. The number of piperidine rings is 1. The Balaban J connectivity index is 1.31. The van der Waals surface area contributed by atoms with Crippen LogP contribution in [0.4, 0.5) is 4.39 Å². The van der Waals surface area contributed by atoms with Crippen LogP contribution in [0.3, 0.4) is 0 Å². The number of aromatic nitrogens is 2. The van der Waals surface area contributed by atoms with Gasteiger partial charge in [0, 0.05) is 43.2 Å². The van der Waals surface area contributed by atoms with E-state index >= 15 is 0 Å². The molecule has 4 rings (SSSR count). The minimum atomic E-state index is -0.241. The quantitative estimate of drug-likeness (QED) is 0.662. The standard InChI is InChI=1S/C23H27FN4OS/c1-15-12-22(30-16(15)2)23(29)25-19-8-10-28(11-9-19)14-20-13-21(26-27(20)3)17-4-6-18(24)7-5-17/h4-7,12-13,19H,8-11,14H2,1-3H3,(H,25,29). The van der Waals surface area contributed by atoms with Crippen LogP contribution < -0.4 is 5.32 Å². The SMILES string of the molecule is Cc1cc(C(=O)NC2CCN(Cc3cc(-c4ccc(F)cc4)nn3C)CC2)sc1C. The third-order valence-corrected chi connectivity index (χ3v) is 6.97. The number of carbonyl (C=O) groups is 1. The van der Waals surface area contributed by atoms with Crippen molar-refractivity contribution in [1.82, 2.24) is 20.0 Å². The molecule has 0 radical (unpaired) electrons. The van der Waals surface area contributed by atoms with Crippen molar-refractivity contribution in [3.8, 4) is 11.3 Å². The Morgan fingerprint density at radius 3 is 2.53 bits per heavy atom. The van der Waals surface area contributed by atoms with Crippen LogP contribution in [-0.4, -0.2) is 39.7 Å². The fourth-order valence-electron chi connectivity index (χ4n) is 3.82. The van der Waals surface area contributed by atoms with Gasteiger partial charge in [-0.3, -0.25) is 14.4 Å². The van der Waals surface area contributed by atoms with Gasteiger partial charge in [-0.1, -0.05) is 0 Å². The molecule has 0 bridgehead atoms. The van der Waals surface area contributed by atoms with Gasteiger partial charge in [0.25, 0.3) is 5.91 Å². The molecule has 1 aliphatic heterocycles. The second-order valence-electron chi connectivity index (χ2n) is 8.03. The predicted octanol–water partition coefficient (Wildman–Crippen LogP) is 4.30. The van der Waals surface area contributed by atoms with E-state index in [0.29, 0.717) is 0 Å². The number of nitrogens with zero attached hydrogens (tertiary/aromatic N) is 3. The second-order valence-corrected chi connectivity index (χ2v) is 9.28. The van der Waals surface area contributed by atoms with E-state index in [-0.39, 0.29) is 17.8 Å². The molecule has 0 spiro atoms. The number of carbonyl (C=O) groups excluding carboxylic acids is 1. The molecule has 5 nitrogen and oxygen atoms in total. The van der Waals surface area contributed by atoms with Crippen molar-refractivity contribution in [3.05, 3.63) is 63.2 Å². The van der Waals surface area contributed by atoms with Crippen molar-refractivity contribution in [2.45, 2.75) is 39.3 Å². The van der Waals surface area contributed by atoms with E-state index < -0.39 is 0 Å². The van der Waals surface area contributed by atoms with Crippen LogP contribution in [0.1, 0.15) is 38.6 Å². The number of amides is 1. The first-order valence-electron chi connectivity index (χ1n) is 10.3. The molecule has 3 heterocycles. The van der Waals surface area contributed by atoms with Gasteiger partial charge in [0.1, 0.15) is 5.82 Å². The maximum Gasteiger partial charge on any atom is 0.261 e. The summed E-state index contributed by atoms with van der Waals surface area (Å²) in [7, 11) is 1.94. The topological polar surface area (TPSA) is 50.2 Å². The number of likely N-dealkylation sites (tertiary alicyclic amines) is 1. The number of aryl methyl sites for hydroxylation is 3. The first-order chi connectivity index (χ1) is 14.4. The zero-order chi connectivity index (χ0) is 21.3.